The molecule has 0 radical (unpaired) electrons. The van der Waals surface area contributed by atoms with Gasteiger partial charge in [-0.2, -0.15) is 0 Å². The predicted molar refractivity (Wildman–Crippen MR) is 66.2 cm³/mol. The number of carbonyl (C=O) groups is 1. The van der Waals surface area contributed by atoms with Crippen molar-refractivity contribution >= 4 is 23.4 Å². The van der Waals surface area contributed by atoms with Crippen molar-refractivity contribution in [3.8, 4) is 0 Å². The quantitative estimate of drug-likeness (QED) is 0.793. The van der Waals surface area contributed by atoms with Crippen molar-refractivity contribution in [2.75, 3.05) is 18.1 Å². The molecule has 1 saturated heterocycles. The van der Waals surface area contributed by atoms with Gasteiger partial charge >= 0.3 is 5.97 Å². The zero-order chi connectivity index (χ0) is 13.1. The number of ether oxygens (including phenoxy) is 1. The van der Waals surface area contributed by atoms with E-state index in [4.69, 9.17) is 16.3 Å². The Morgan fingerprint density at radius 1 is 1.72 bits per heavy atom. The van der Waals surface area contributed by atoms with Gasteiger partial charge in [0.1, 0.15) is 6.04 Å². The number of pyridine rings is 1. The fourth-order valence-electron chi connectivity index (χ4n) is 2.12. The standard InChI is InChI=1S/C12H14ClFN2O2/c1-2-18-12(17)10-4-3-5-16(10)11-9(14)6-8(13)7-15-11/h6-7,10H,2-5H2,1H3. The molecule has 98 valence electrons. The molecule has 2 rings (SSSR count). The molecule has 1 atom stereocenters. The summed E-state index contributed by atoms with van der Waals surface area (Å²) in [6.45, 7) is 2.66. The maximum absolute atomic E-state index is 13.8. The van der Waals surface area contributed by atoms with Crippen molar-refractivity contribution in [3.63, 3.8) is 0 Å². The third-order valence-electron chi connectivity index (χ3n) is 2.87. The van der Waals surface area contributed by atoms with E-state index in [1.807, 2.05) is 0 Å². The summed E-state index contributed by atoms with van der Waals surface area (Å²) in [5.74, 6) is -0.681. The summed E-state index contributed by atoms with van der Waals surface area (Å²) in [5.41, 5.74) is 0. The Bertz CT molecular complexity index is 456. The fourth-order valence-corrected chi connectivity index (χ4v) is 2.27. The van der Waals surface area contributed by atoms with Crippen LogP contribution in [0.2, 0.25) is 5.02 Å². The van der Waals surface area contributed by atoms with Crippen LogP contribution in [0.4, 0.5) is 10.2 Å². The number of hydrogen-bond donors (Lipinski definition) is 0. The summed E-state index contributed by atoms with van der Waals surface area (Å²) < 4.78 is 18.8. The van der Waals surface area contributed by atoms with Gasteiger partial charge in [-0.05, 0) is 25.8 Å². The normalized spacial score (nSPS) is 19.1. The van der Waals surface area contributed by atoms with Crippen LogP contribution in [0.1, 0.15) is 19.8 Å². The van der Waals surface area contributed by atoms with Crippen molar-refractivity contribution in [3.05, 3.63) is 23.1 Å². The van der Waals surface area contributed by atoms with Gasteiger partial charge in [0, 0.05) is 12.7 Å². The number of carbonyl (C=O) groups excluding carboxylic acids is 1. The topological polar surface area (TPSA) is 42.4 Å². The lowest BCUT2D eigenvalue weighted by Gasteiger charge is -2.24. The van der Waals surface area contributed by atoms with E-state index in [2.05, 4.69) is 4.98 Å². The second-order valence-corrected chi connectivity index (χ2v) is 4.50. The number of anilines is 1. The van der Waals surface area contributed by atoms with Crippen LogP contribution in [0.5, 0.6) is 0 Å². The molecule has 0 N–H and O–H groups in total. The Kier molecular flexibility index (Phi) is 4.01. The molecule has 0 bridgehead atoms. The van der Waals surface area contributed by atoms with Gasteiger partial charge in [0.05, 0.1) is 11.6 Å². The van der Waals surface area contributed by atoms with Crippen LogP contribution in [0.15, 0.2) is 12.3 Å². The molecular weight excluding hydrogens is 259 g/mol. The van der Waals surface area contributed by atoms with Gasteiger partial charge in [-0.15, -0.1) is 0 Å². The summed E-state index contributed by atoms with van der Waals surface area (Å²) in [6, 6.07) is 0.748. The molecule has 2 heterocycles. The highest BCUT2D eigenvalue weighted by molar-refractivity contribution is 6.30. The first-order valence-corrected chi connectivity index (χ1v) is 6.25. The molecule has 6 heteroatoms. The van der Waals surface area contributed by atoms with E-state index >= 15 is 0 Å². The summed E-state index contributed by atoms with van der Waals surface area (Å²) in [5, 5.41) is 0.239. The number of hydrogen-bond acceptors (Lipinski definition) is 4. The van der Waals surface area contributed by atoms with Gasteiger partial charge in [0.15, 0.2) is 11.6 Å². The molecule has 1 fully saturated rings. The average molecular weight is 273 g/mol. The summed E-state index contributed by atoms with van der Waals surface area (Å²) in [6.07, 6.45) is 2.84. The van der Waals surface area contributed by atoms with Gasteiger partial charge in [0.25, 0.3) is 0 Å². The second-order valence-electron chi connectivity index (χ2n) is 4.06. The minimum Gasteiger partial charge on any atom is -0.464 e. The van der Waals surface area contributed by atoms with Crippen molar-refractivity contribution in [1.29, 1.82) is 0 Å². The Morgan fingerprint density at radius 3 is 3.17 bits per heavy atom. The molecule has 18 heavy (non-hydrogen) atoms. The second kappa shape index (κ2) is 5.52. The molecule has 0 saturated carbocycles. The highest BCUT2D eigenvalue weighted by Gasteiger charge is 2.34. The van der Waals surface area contributed by atoms with Crippen LogP contribution in [0.3, 0.4) is 0 Å². The first-order chi connectivity index (χ1) is 8.63. The largest absolute Gasteiger partial charge is 0.464 e. The maximum atomic E-state index is 13.8. The molecule has 1 aromatic heterocycles. The molecule has 1 unspecified atom stereocenters. The van der Waals surface area contributed by atoms with Crippen LogP contribution in [0.25, 0.3) is 0 Å². The number of halogens is 2. The van der Waals surface area contributed by atoms with E-state index in [1.165, 1.54) is 12.3 Å². The van der Waals surface area contributed by atoms with E-state index in [1.54, 1.807) is 11.8 Å². The maximum Gasteiger partial charge on any atom is 0.328 e. The summed E-state index contributed by atoms with van der Waals surface area (Å²) in [7, 11) is 0. The SMILES string of the molecule is CCOC(=O)C1CCCN1c1ncc(Cl)cc1F. The third kappa shape index (κ3) is 2.56. The Labute approximate surface area is 110 Å². The number of rotatable bonds is 3. The smallest absolute Gasteiger partial charge is 0.328 e. The lowest BCUT2D eigenvalue weighted by molar-refractivity contribution is -0.144. The van der Waals surface area contributed by atoms with Gasteiger partial charge in [-0.1, -0.05) is 11.6 Å². The first kappa shape index (κ1) is 13.1. The number of nitrogens with zero attached hydrogens (tertiary/aromatic N) is 2. The lowest BCUT2D eigenvalue weighted by Crippen LogP contribution is -2.38. The van der Waals surface area contributed by atoms with Gasteiger partial charge in [0.2, 0.25) is 0 Å². The first-order valence-electron chi connectivity index (χ1n) is 5.87. The number of esters is 1. The molecule has 4 nitrogen and oxygen atoms in total. The number of aromatic nitrogens is 1. The van der Waals surface area contributed by atoms with Gasteiger partial charge in [-0.3, -0.25) is 0 Å². The fraction of sp³-hybridized carbons (Fsp3) is 0.500. The van der Waals surface area contributed by atoms with Crippen molar-refractivity contribution in [2.24, 2.45) is 0 Å². The zero-order valence-electron chi connectivity index (χ0n) is 10.0. The molecule has 1 aliphatic rings. The van der Waals surface area contributed by atoms with E-state index in [0.29, 0.717) is 19.6 Å². The van der Waals surface area contributed by atoms with Gasteiger partial charge < -0.3 is 9.64 Å². The summed E-state index contributed by atoms with van der Waals surface area (Å²) >= 11 is 5.66. The minimum absolute atomic E-state index is 0.162. The van der Waals surface area contributed by atoms with E-state index in [-0.39, 0.29) is 16.8 Å². The predicted octanol–water partition coefficient (Wildman–Crippen LogP) is 2.41. The van der Waals surface area contributed by atoms with Crippen LogP contribution in [-0.2, 0) is 9.53 Å². The Morgan fingerprint density at radius 2 is 2.50 bits per heavy atom. The lowest BCUT2D eigenvalue weighted by atomic mass is 10.2. The molecule has 0 aliphatic carbocycles. The molecule has 0 spiro atoms. The van der Waals surface area contributed by atoms with Crippen molar-refractivity contribution < 1.29 is 13.9 Å². The van der Waals surface area contributed by atoms with E-state index < -0.39 is 11.9 Å². The minimum atomic E-state index is -0.515. The third-order valence-corrected chi connectivity index (χ3v) is 3.08. The van der Waals surface area contributed by atoms with Crippen LogP contribution in [0, 0.1) is 5.82 Å². The van der Waals surface area contributed by atoms with Gasteiger partial charge in [-0.25, -0.2) is 14.2 Å². The van der Waals surface area contributed by atoms with Crippen molar-refractivity contribution in [2.45, 2.75) is 25.8 Å². The monoisotopic (exact) mass is 272 g/mol. The summed E-state index contributed by atoms with van der Waals surface area (Å²) in [4.78, 5) is 17.4. The van der Waals surface area contributed by atoms with E-state index in [9.17, 15) is 9.18 Å². The average Bonchev–Trinajstić information content (AvgIpc) is 2.78. The van der Waals surface area contributed by atoms with Crippen LogP contribution < -0.4 is 4.90 Å². The van der Waals surface area contributed by atoms with Crippen molar-refractivity contribution in [1.82, 2.24) is 4.98 Å². The van der Waals surface area contributed by atoms with Crippen LogP contribution in [-0.4, -0.2) is 30.1 Å². The molecule has 1 aliphatic heterocycles. The molecule has 0 aromatic carbocycles. The zero-order valence-corrected chi connectivity index (χ0v) is 10.8. The molecule has 0 amide bonds. The van der Waals surface area contributed by atoms with E-state index in [0.717, 1.165) is 6.42 Å². The Balaban J connectivity index is 2.23. The molecular formula is C12H14ClFN2O2. The highest BCUT2D eigenvalue weighted by atomic mass is 35.5. The molecule has 1 aromatic rings. The Hall–Kier alpha value is -1.36. The highest BCUT2D eigenvalue weighted by Crippen LogP contribution is 2.28. The van der Waals surface area contributed by atoms with Crippen LogP contribution >= 0.6 is 11.6 Å².